The lowest BCUT2D eigenvalue weighted by atomic mass is 10.0. The van der Waals surface area contributed by atoms with Crippen molar-refractivity contribution in [1.29, 1.82) is 0 Å². The quantitative estimate of drug-likeness (QED) is 0.699. The molecule has 4 heteroatoms. The van der Waals surface area contributed by atoms with Crippen molar-refractivity contribution < 1.29 is 14.0 Å². The molecule has 2 rings (SSSR count). The molecular weight excluding hydrogens is 197 g/mol. The van der Waals surface area contributed by atoms with Crippen molar-refractivity contribution >= 4 is 17.4 Å². The number of carbonyl (C=O) groups is 2. The third kappa shape index (κ3) is 1.54. The van der Waals surface area contributed by atoms with Crippen LogP contribution in [0, 0.1) is 12.7 Å². The number of benzene rings is 1. The topological polar surface area (TPSA) is 46.2 Å². The van der Waals surface area contributed by atoms with Gasteiger partial charge in [0.15, 0.2) is 0 Å². The molecule has 0 unspecified atom stereocenters. The molecule has 1 aromatic rings. The Bertz CT molecular complexity index is 491. The maximum atomic E-state index is 13.2. The first-order chi connectivity index (χ1) is 7.09. The van der Waals surface area contributed by atoms with Crippen LogP contribution in [-0.4, -0.2) is 11.8 Å². The van der Waals surface area contributed by atoms with E-state index in [1.54, 1.807) is 13.0 Å². The van der Waals surface area contributed by atoms with Crippen molar-refractivity contribution in [1.82, 2.24) is 5.32 Å². The molecule has 2 amide bonds. The largest absolute Gasteiger partial charge is 0.289 e. The van der Waals surface area contributed by atoms with Crippen LogP contribution in [0.3, 0.4) is 0 Å². The number of hydrogen-bond donors (Lipinski definition) is 1. The Balaban J connectivity index is 2.56. The van der Waals surface area contributed by atoms with Gasteiger partial charge in [-0.2, -0.15) is 0 Å². The summed E-state index contributed by atoms with van der Waals surface area (Å²) in [5.41, 5.74) is 1.05. The zero-order valence-electron chi connectivity index (χ0n) is 8.00. The van der Waals surface area contributed by atoms with Crippen molar-refractivity contribution in [2.45, 2.75) is 6.92 Å². The second-order valence-corrected chi connectivity index (χ2v) is 3.29. The molecule has 0 aromatic heterocycles. The molecule has 0 spiro atoms. The minimum Gasteiger partial charge on any atom is -0.289 e. The minimum absolute atomic E-state index is 0.219. The molecule has 1 aliphatic heterocycles. The minimum atomic E-state index is -0.478. The summed E-state index contributed by atoms with van der Waals surface area (Å²) in [5, 5.41) is 2.12. The van der Waals surface area contributed by atoms with Gasteiger partial charge in [-0.1, -0.05) is 12.1 Å². The van der Waals surface area contributed by atoms with Gasteiger partial charge in [0.1, 0.15) is 5.82 Å². The molecule has 0 fully saturated rings. The standard InChI is InChI=1S/C11H8FNO2/c1-6-7(3-2-4-9(6)12)8-5-10(14)13-11(8)15/h2-5H,1H3,(H,13,14,15). The summed E-state index contributed by atoms with van der Waals surface area (Å²) in [6.07, 6.45) is 1.18. The van der Waals surface area contributed by atoms with Crippen LogP contribution < -0.4 is 5.32 Å². The highest BCUT2D eigenvalue weighted by Gasteiger charge is 2.23. The summed E-state index contributed by atoms with van der Waals surface area (Å²) < 4.78 is 13.2. The number of halogens is 1. The van der Waals surface area contributed by atoms with E-state index in [4.69, 9.17) is 0 Å². The lowest BCUT2D eigenvalue weighted by molar-refractivity contribution is -0.123. The summed E-state index contributed by atoms with van der Waals surface area (Å²) in [4.78, 5) is 22.3. The fourth-order valence-corrected chi connectivity index (χ4v) is 1.51. The molecule has 1 aromatic carbocycles. The first-order valence-electron chi connectivity index (χ1n) is 4.42. The molecule has 76 valence electrons. The Hall–Kier alpha value is -1.97. The Labute approximate surface area is 85.6 Å². The van der Waals surface area contributed by atoms with Crippen LogP contribution in [0.2, 0.25) is 0 Å². The fourth-order valence-electron chi connectivity index (χ4n) is 1.51. The molecular formula is C11H8FNO2. The zero-order chi connectivity index (χ0) is 11.0. The number of nitrogens with one attached hydrogen (secondary N) is 1. The molecule has 1 heterocycles. The van der Waals surface area contributed by atoms with Crippen molar-refractivity contribution in [3.05, 3.63) is 41.2 Å². The second kappa shape index (κ2) is 3.31. The summed E-state index contributed by atoms with van der Waals surface area (Å²) >= 11 is 0. The summed E-state index contributed by atoms with van der Waals surface area (Å²) in [6, 6.07) is 4.44. The fraction of sp³-hybridized carbons (Fsp3) is 0.0909. The van der Waals surface area contributed by atoms with Crippen LogP contribution in [0.1, 0.15) is 11.1 Å². The first kappa shape index (κ1) is 9.58. The monoisotopic (exact) mass is 205 g/mol. The van der Waals surface area contributed by atoms with Gasteiger partial charge in [0.2, 0.25) is 0 Å². The maximum absolute atomic E-state index is 13.2. The Morgan fingerprint density at radius 3 is 2.60 bits per heavy atom. The molecule has 0 bridgehead atoms. The van der Waals surface area contributed by atoms with Crippen LogP contribution >= 0.6 is 0 Å². The predicted molar refractivity (Wildman–Crippen MR) is 52.3 cm³/mol. The van der Waals surface area contributed by atoms with Gasteiger partial charge in [0.05, 0.1) is 5.57 Å². The molecule has 0 saturated heterocycles. The average Bonchev–Trinajstić information content (AvgIpc) is 2.50. The van der Waals surface area contributed by atoms with Gasteiger partial charge in [-0.3, -0.25) is 14.9 Å². The summed E-state index contributed by atoms with van der Waals surface area (Å²) in [5.74, 6) is -1.33. The summed E-state index contributed by atoms with van der Waals surface area (Å²) in [6.45, 7) is 1.57. The Morgan fingerprint density at radius 1 is 1.27 bits per heavy atom. The average molecular weight is 205 g/mol. The van der Waals surface area contributed by atoms with Gasteiger partial charge < -0.3 is 0 Å². The zero-order valence-corrected chi connectivity index (χ0v) is 8.00. The molecule has 1 aliphatic rings. The van der Waals surface area contributed by atoms with E-state index in [1.165, 1.54) is 18.2 Å². The smallest absolute Gasteiger partial charge is 0.258 e. The maximum Gasteiger partial charge on any atom is 0.258 e. The molecule has 0 radical (unpaired) electrons. The van der Waals surface area contributed by atoms with E-state index in [9.17, 15) is 14.0 Å². The number of carbonyl (C=O) groups excluding carboxylic acids is 2. The molecule has 3 nitrogen and oxygen atoms in total. The van der Waals surface area contributed by atoms with Crippen LogP contribution in [-0.2, 0) is 9.59 Å². The third-order valence-electron chi connectivity index (χ3n) is 2.31. The van der Waals surface area contributed by atoms with Crippen LogP contribution in [0.15, 0.2) is 24.3 Å². The Kier molecular flexibility index (Phi) is 2.11. The third-order valence-corrected chi connectivity index (χ3v) is 2.31. The SMILES string of the molecule is Cc1c(F)cccc1C1=CC(=O)NC1=O. The van der Waals surface area contributed by atoms with Crippen LogP contribution in [0.25, 0.3) is 5.57 Å². The molecule has 0 atom stereocenters. The number of amides is 2. The van der Waals surface area contributed by atoms with Crippen molar-refractivity contribution in [2.75, 3.05) is 0 Å². The van der Waals surface area contributed by atoms with Gasteiger partial charge in [-0.15, -0.1) is 0 Å². The van der Waals surface area contributed by atoms with Crippen LogP contribution in [0.4, 0.5) is 4.39 Å². The van der Waals surface area contributed by atoms with Crippen molar-refractivity contribution in [3.8, 4) is 0 Å². The van der Waals surface area contributed by atoms with E-state index in [2.05, 4.69) is 5.32 Å². The van der Waals surface area contributed by atoms with Crippen molar-refractivity contribution in [2.24, 2.45) is 0 Å². The normalized spacial score (nSPS) is 15.2. The highest BCUT2D eigenvalue weighted by molar-refractivity contribution is 6.33. The predicted octanol–water partition coefficient (Wildman–Crippen LogP) is 1.17. The molecule has 0 aliphatic carbocycles. The Morgan fingerprint density at radius 2 is 2.00 bits per heavy atom. The molecule has 15 heavy (non-hydrogen) atoms. The first-order valence-corrected chi connectivity index (χ1v) is 4.42. The van der Waals surface area contributed by atoms with Gasteiger partial charge in [-0.05, 0) is 24.1 Å². The van der Waals surface area contributed by atoms with Gasteiger partial charge in [0, 0.05) is 6.08 Å². The van der Waals surface area contributed by atoms with E-state index < -0.39 is 11.8 Å². The van der Waals surface area contributed by atoms with Gasteiger partial charge in [-0.25, -0.2) is 4.39 Å². The van der Waals surface area contributed by atoms with Crippen molar-refractivity contribution in [3.63, 3.8) is 0 Å². The lowest BCUT2D eigenvalue weighted by Gasteiger charge is -2.05. The van der Waals surface area contributed by atoms with Gasteiger partial charge >= 0.3 is 0 Å². The van der Waals surface area contributed by atoms with E-state index in [-0.39, 0.29) is 11.4 Å². The van der Waals surface area contributed by atoms with Crippen LogP contribution in [0.5, 0.6) is 0 Å². The second-order valence-electron chi connectivity index (χ2n) is 3.29. The molecule has 1 N–H and O–H groups in total. The highest BCUT2D eigenvalue weighted by Crippen LogP contribution is 2.23. The highest BCUT2D eigenvalue weighted by atomic mass is 19.1. The van der Waals surface area contributed by atoms with E-state index in [0.29, 0.717) is 11.1 Å². The van der Waals surface area contributed by atoms with E-state index in [0.717, 1.165) is 0 Å². The van der Waals surface area contributed by atoms with E-state index >= 15 is 0 Å². The number of hydrogen-bond acceptors (Lipinski definition) is 2. The summed E-state index contributed by atoms with van der Waals surface area (Å²) in [7, 11) is 0. The van der Waals surface area contributed by atoms with Gasteiger partial charge in [0.25, 0.3) is 11.8 Å². The molecule has 0 saturated carbocycles. The lowest BCUT2D eigenvalue weighted by Crippen LogP contribution is -2.21. The van der Waals surface area contributed by atoms with E-state index in [1.807, 2.05) is 0 Å². The number of imide groups is 1. The number of rotatable bonds is 1.